The smallest absolute Gasteiger partial charge is 0.161 e. The van der Waals surface area contributed by atoms with Crippen molar-refractivity contribution in [3.63, 3.8) is 0 Å². The molecule has 0 aromatic heterocycles. The molecular weight excluding hydrogens is 672 g/mol. The van der Waals surface area contributed by atoms with Crippen molar-refractivity contribution in [2.24, 2.45) is 0 Å². The highest BCUT2D eigenvalue weighted by atomic mass is 16.6. The standard InChI is InChI=1S/C40H58O12/c1-3-9-37(10-4-1)35-49-29-27-45-21-19-41-15-17-43-23-25-47-31-33-51-39-13-7-8-14-40(39)52-34-32-48-26-24-44-18-16-42-20-22-46-28-30-50-36-38-11-5-2-6-12-38/h1-14H,15-36H2. The fourth-order valence-electron chi connectivity index (χ4n) is 4.40. The first-order chi connectivity index (χ1) is 25.9. The summed E-state index contributed by atoms with van der Waals surface area (Å²) in [5.74, 6) is 1.32. The highest BCUT2D eigenvalue weighted by Crippen LogP contribution is 2.26. The van der Waals surface area contributed by atoms with Crippen LogP contribution in [0.1, 0.15) is 11.1 Å². The van der Waals surface area contributed by atoms with E-state index < -0.39 is 0 Å². The van der Waals surface area contributed by atoms with Crippen molar-refractivity contribution in [3.05, 3.63) is 96.1 Å². The molecule has 0 aliphatic heterocycles. The molecule has 0 amide bonds. The average molecular weight is 731 g/mol. The van der Waals surface area contributed by atoms with Crippen LogP contribution in [0.4, 0.5) is 0 Å². The quantitative estimate of drug-likeness (QED) is 0.0751. The highest BCUT2D eigenvalue weighted by Gasteiger charge is 2.05. The van der Waals surface area contributed by atoms with Crippen LogP contribution in [0.3, 0.4) is 0 Å². The molecule has 0 spiro atoms. The van der Waals surface area contributed by atoms with E-state index in [1.807, 2.05) is 84.9 Å². The number of para-hydroxylation sites is 2. The first-order valence-electron chi connectivity index (χ1n) is 18.1. The van der Waals surface area contributed by atoms with Gasteiger partial charge in [0.2, 0.25) is 0 Å². The minimum atomic E-state index is 0.398. The van der Waals surface area contributed by atoms with Crippen LogP contribution in [0.5, 0.6) is 11.5 Å². The second-order valence-electron chi connectivity index (χ2n) is 11.1. The molecule has 3 rings (SSSR count). The maximum absolute atomic E-state index is 5.85. The van der Waals surface area contributed by atoms with E-state index in [-0.39, 0.29) is 0 Å². The van der Waals surface area contributed by atoms with Gasteiger partial charge in [-0.25, -0.2) is 0 Å². The number of rotatable bonds is 36. The molecule has 0 saturated carbocycles. The van der Waals surface area contributed by atoms with Crippen LogP contribution < -0.4 is 9.47 Å². The molecule has 3 aromatic carbocycles. The zero-order chi connectivity index (χ0) is 36.3. The summed E-state index contributed by atoms with van der Waals surface area (Å²) in [6.07, 6.45) is 0. The average Bonchev–Trinajstić information content (AvgIpc) is 3.18. The van der Waals surface area contributed by atoms with Gasteiger partial charge in [0.05, 0.1) is 132 Å². The van der Waals surface area contributed by atoms with E-state index in [0.717, 1.165) is 11.1 Å². The number of hydrogen-bond donors (Lipinski definition) is 0. The van der Waals surface area contributed by atoms with Crippen molar-refractivity contribution < 1.29 is 56.8 Å². The Bertz CT molecular complexity index is 1090. The number of hydrogen-bond acceptors (Lipinski definition) is 12. The van der Waals surface area contributed by atoms with Gasteiger partial charge in [-0.2, -0.15) is 0 Å². The van der Waals surface area contributed by atoms with Gasteiger partial charge in [0.25, 0.3) is 0 Å². The van der Waals surface area contributed by atoms with Crippen LogP contribution in [-0.4, -0.2) is 132 Å². The summed E-state index contributed by atoms with van der Waals surface area (Å²) in [6, 6.07) is 27.7. The van der Waals surface area contributed by atoms with Gasteiger partial charge in [-0.3, -0.25) is 0 Å². The molecular formula is C40H58O12. The van der Waals surface area contributed by atoms with Crippen molar-refractivity contribution in [1.82, 2.24) is 0 Å². The van der Waals surface area contributed by atoms with Crippen LogP contribution >= 0.6 is 0 Å². The second kappa shape index (κ2) is 32.5. The van der Waals surface area contributed by atoms with Gasteiger partial charge in [-0.1, -0.05) is 72.8 Å². The van der Waals surface area contributed by atoms with E-state index in [1.54, 1.807) is 0 Å². The van der Waals surface area contributed by atoms with E-state index in [2.05, 4.69) is 0 Å². The minimum Gasteiger partial charge on any atom is -0.487 e. The maximum Gasteiger partial charge on any atom is 0.161 e. The maximum atomic E-state index is 5.85. The van der Waals surface area contributed by atoms with Crippen molar-refractivity contribution >= 4 is 0 Å². The third-order valence-corrected chi connectivity index (χ3v) is 7.02. The molecule has 0 atom stereocenters. The third-order valence-electron chi connectivity index (χ3n) is 7.02. The van der Waals surface area contributed by atoms with Crippen LogP contribution in [0.15, 0.2) is 84.9 Å². The molecule has 0 bridgehead atoms. The van der Waals surface area contributed by atoms with Crippen LogP contribution in [0.25, 0.3) is 0 Å². The van der Waals surface area contributed by atoms with Gasteiger partial charge in [0.1, 0.15) is 13.2 Å². The Hall–Kier alpha value is -3.14. The van der Waals surface area contributed by atoms with E-state index in [9.17, 15) is 0 Å². The predicted molar refractivity (Wildman–Crippen MR) is 196 cm³/mol. The lowest BCUT2D eigenvalue weighted by molar-refractivity contribution is -0.0144. The molecule has 0 N–H and O–H groups in total. The van der Waals surface area contributed by atoms with Crippen LogP contribution in [-0.2, 0) is 60.6 Å². The van der Waals surface area contributed by atoms with Crippen molar-refractivity contribution in [2.75, 3.05) is 132 Å². The molecule has 12 nitrogen and oxygen atoms in total. The molecule has 12 heteroatoms. The Balaban J connectivity index is 1.00. The van der Waals surface area contributed by atoms with Gasteiger partial charge >= 0.3 is 0 Å². The SMILES string of the molecule is c1ccc(COCCOCCOCCOCCOCCOc2ccccc2OCCOCCOCCOCCOCCOCc2ccccc2)cc1. The molecule has 0 unspecified atom stereocenters. The second-order valence-corrected chi connectivity index (χ2v) is 11.1. The zero-order valence-electron chi connectivity index (χ0n) is 30.5. The number of benzene rings is 3. The topological polar surface area (TPSA) is 111 Å². The monoisotopic (exact) mass is 730 g/mol. The molecule has 0 saturated heterocycles. The van der Waals surface area contributed by atoms with Crippen molar-refractivity contribution in [3.8, 4) is 11.5 Å². The van der Waals surface area contributed by atoms with Crippen molar-refractivity contribution in [1.29, 1.82) is 0 Å². The van der Waals surface area contributed by atoms with Gasteiger partial charge in [0.15, 0.2) is 11.5 Å². The third kappa shape index (κ3) is 24.2. The van der Waals surface area contributed by atoms with Crippen LogP contribution in [0, 0.1) is 0 Å². The lowest BCUT2D eigenvalue weighted by Crippen LogP contribution is -2.15. The summed E-state index contributed by atoms with van der Waals surface area (Å²) < 4.78 is 67.2. The summed E-state index contributed by atoms with van der Waals surface area (Å²) in [7, 11) is 0. The molecule has 0 heterocycles. The Kier molecular flexibility index (Phi) is 27.0. The first kappa shape index (κ1) is 43.3. The van der Waals surface area contributed by atoms with E-state index in [4.69, 9.17) is 56.8 Å². The Morgan fingerprint density at radius 2 is 0.462 bits per heavy atom. The molecule has 0 aliphatic rings. The largest absolute Gasteiger partial charge is 0.487 e. The molecule has 3 aromatic rings. The lowest BCUT2D eigenvalue weighted by atomic mass is 10.2. The van der Waals surface area contributed by atoms with Gasteiger partial charge < -0.3 is 56.8 Å². The molecule has 290 valence electrons. The van der Waals surface area contributed by atoms with Gasteiger partial charge in [-0.15, -0.1) is 0 Å². The van der Waals surface area contributed by atoms with Crippen molar-refractivity contribution in [2.45, 2.75) is 13.2 Å². The number of ether oxygens (including phenoxy) is 12. The summed E-state index contributed by atoms with van der Waals surface area (Å²) in [6.45, 7) is 11.1. The summed E-state index contributed by atoms with van der Waals surface area (Å²) in [4.78, 5) is 0. The lowest BCUT2D eigenvalue weighted by Gasteiger charge is -2.13. The van der Waals surface area contributed by atoms with Gasteiger partial charge in [0, 0.05) is 0 Å². The van der Waals surface area contributed by atoms with E-state index >= 15 is 0 Å². The Morgan fingerprint density at radius 1 is 0.231 bits per heavy atom. The Labute approximate surface area is 309 Å². The Morgan fingerprint density at radius 3 is 0.750 bits per heavy atom. The van der Waals surface area contributed by atoms with Gasteiger partial charge in [-0.05, 0) is 23.3 Å². The minimum absolute atomic E-state index is 0.398. The highest BCUT2D eigenvalue weighted by molar-refractivity contribution is 5.39. The molecule has 52 heavy (non-hydrogen) atoms. The normalized spacial score (nSPS) is 11.2. The molecule has 0 radical (unpaired) electrons. The molecule has 0 fully saturated rings. The molecule has 0 aliphatic carbocycles. The summed E-state index contributed by atoms with van der Waals surface area (Å²) >= 11 is 0. The predicted octanol–water partition coefficient (Wildman–Crippen LogP) is 5.01. The first-order valence-corrected chi connectivity index (χ1v) is 18.1. The fraction of sp³-hybridized carbons (Fsp3) is 0.550. The summed E-state index contributed by atoms with van der Waals surface area (Å²) in [5, 5.41) is 0. The van der Waals surface area contributed by atoms with E-state index in [1.165, 1.54) is 0 Å². The van der Waals surface area contributed by atoms with E-state index in [0.29, 0.717) is 157 Å². The fourth-order valence-corrected chi connectivity index (χ4v) is 4.40. The van der Waals surface area contributed by atoms with Crippen LogP contribution in [0.2, 0.25) is 0 Å². The zero-order valence-corrected chi connectivity index (χ0v) is 30.5. The summed E-state index contributed by atoms with van der Waals surface area (Å²) in [5.41, 5.74) is 2.31.